The number of carbonyl (C=O) groups excluding carboxylic acids is 1. The fourth-order valence-electron chi connectivity index (χ4n) is 2.26. The van der Waals surface area contributed by atoms with Crippen LogP contribution in [0, 0.1) is 0 Å². The Morgan fingerprint density at radius 1 is 1.40 bits per heavy atom. The summed E-state index contributed by atoms with van der Waals surface area (Å²) in [6.07, 6.45) is 5.42. The van der Waals surface area contributed by atoms with E-state index in [9.17, 15) is 4.79 Å². The molecule has 0 bridgehead atoms. The van der Waals surface area contributed by atoms with Gasteiger partial charge >= 0.3 is 0 Å². The molecule has 0 radical (unpaired) electrons. The second-order valence-electron chi connectivity index (χ2n) is 4.44. The van der Waals surface area contributed by atoms with Crippen molar-refractivity contribution in [3.63, 3.8) is 0 Å². The van der Waals surface area contributed by atoms with E-state index >= 15 is 0 Å². The molecule has 4 heteroatoms. The molecule has 2 saturated heterocycles. The van der Waals surface area contributed by atoms with Crippen LogP contribution in [0.3, 0.4) is 0 Å². The third kappa shape index (κ3) is 3.47. The molecule has 4 nitrogen and oxygen atoms in total. The van der Waals surface area contributed by atoms with Crippen molar-refractivity contribution in [2.45, 2.75) is 44.2 Å². The minimum atomic E-state index is 0.157. The second kappa shape index (κ2) is 5.47. The van der Waals surface area contributed by atoms with E-state index in [1.54, 1.807) is 0 Å². The predicted octanol–water partition coefficient (Wildman–Crippen LogP) is 0.424. The maximum Gasteiger partial charge on any atom is 0.221 e. The van der Waals surface area contributed by atoms with Gasteiger partial charge in [0.1, 0.15) is 0 Å². The van der Waals surface area contributed by atoms with Crippen LogP contribution in [0.4, 0.5) is 0 Å². The van der Waals surface area contributed by atoms with E-state index in [1.165, 1.54) is 6.42 Å². The van der Waals surface area contributed by atoms with Crippen LogP contribution in [0.25, 0.3) is 0 Å². The number of ether oxygens (including phenoxy) is 1. The van der Waals surface area contributed by atoms with E-state index in [1.807, 2.05) is 0 Å². The summed E-state index contributed by atoms with van der Waals surface area (Å²) in [7, 11) is 0. The highest BCUT2D eigenvalue weighted by molar-refractivity contribution is 5.76. The summed E-state index contributed by atoms with van der Waals surface area (Å²) in [6, 6.07) is 0.398. The third-order valence-corrected chi connectivity index (χ3v) is 3.15. The van der Waals surface area contributed by atoms with Crippen molar-refractivity contribution in [3.05, 3.63) is 0 Å². The number of hydrogen-bond donors (Lipinski definition) is 2. The van der Waals surface area contributed by atoms with Crippen molar-refractivity contribution < 1.29 is 9.53 Å². The molecule has 86 valence electrons. The van der Waals surface area contributed by atoms with Gasteiger partial charge in [0.25, 0.3) is 0 Å². The molecule has 1 amide bonds. The van der Waals surface area contributed by atoms with Gasteiger partial charge in [0, 0.05) is 25.6 Å². The predicted molar refractivity (Wildman–Crippen MR) is 57.6 cm³/mol. The van der Waals surface area contributed by atoms with Crippen molar-refractivity contribution in [2.75, 3.05) is 19.7 Å². The lowest BCUT2D eigenvalue weighted by atomic mass is 10.1. The van der Waals surface area contributed by atoms with Gasteiger partial charge in [-0.1, -0.05) is 0 Å². The molecular formula is C11H20N2O2. The molecule has 2 atom stereocenters. The lowest BCUT2D eigenvalue weighted by molar-refractivity contribution is -0.122. The number of hydrogen-bond acceptors (Lipinski definition) is 3. The van der Waals surface area contributed by atoms with Crippen molar-refractivity contribution in [2.24, 2.45) is 0 Å². The summed E-state index contributed by atoms with van der Waals surface area (Å²) in [4.78, 5) is 11.5. The van der Waals surface area contributed by atoms with Gasteiger partial charge in [-0.05, 0) is 32.2 Å². The molecule has 2 aliphatic heterocycles. The van der Waals surface area contributed by atoms with Crippen molar-refractivity contribution in [1.29, 1.82) is 0 Å². The highest BCUT2D eigenvalue weighted by atomic mass is 16.5. The molecule has 0 spiro atoms. The molecule has 0 aromatic carbocycles. The first kappa shape index (κ1) is 10.9. The average molecular weight is 212 g/mol. The van der Waals surface area contributed by atoms with E-state index < -0.39 is 0 Å². The molecule has 2 aliphatic rings. The molecule has 15 heavy (non-hydrogen) atoms. The Morgan fingerprint density at radius 3 is 3.00 bits per heavy atom. The van der Waals surface area contributed by atoms with Gasteiger partial charge in [0.15, 0.2) is 0 Å². The van der Waals surface area contributed by atoms with Crippen molar-refractivity contribution in [1.82, 2.24) is 10.6 Å². The monoisotopic (exact) mass is 212 g/mol. The zero-order valence-corrected chi connectivity index (χ0v) is 9.13. The molecule has 2 rings (SSSR count). The molecule has 0 aliphatic carbocycles. The van der Waals surface area contributed by atoms with Gasteiger partial charge in [-0.15, -0.1) is 0 Å². The topological polar surface area (TPSA) is 50.4 Å². The largest absolute Gasteiger partial charge is 0.376 e. The summed E-state index contributed by atoms with van der Waals surface area (Å²) in [5.74, 6) is 0.157. The van der Waals surface area contributed by atoms with Crippen molar-refractivity contribution >= 4 is 5.91 Å². The maximum atomic E-state index is 11.5. The fourth-order valence-corrected chi connectivity index (χ4v) is 2.26. The lowest BCUT2D eigenvalue weighted by Crippen LogP contribution is -2.35. The van der Waals surface area contributed by atoms with Crippen LogP contribution in [0.15, 0.2) is 0 Å². The number of carbonyl (C=O) groups is 1. The first-order chi connectivity index (χ1) is 7.34. The quantitative estimate of drug-likeness (QED) is 0.710. The van der Waals surface area contributed by atoms with E-state index in [0.717, 1.165) is 32.4 Å². The highest BCUT2D eigenvalue weighted by Crippen LogP contribution is 2.11. The van der Waals surface area contributed by atoms with E-state index in [0.29, 0.717) is 19.0 Å². The van der Waals surface area contributed by atoms with Crippen LogP contribution < -0.4 is 10.6 Å². The SMILES string of the molecule is O=C(CC1CCCN1)NCC1CCCO1. The average Bonchev–Trinajstić information content (AvgIpc) is 2.86. The smallest absolute Gasteiger partial charge is 0.221 e. The molecule has 2 fully saturated rings. The van der Waals surface area contributed by atoms with Crippen LogP contribution >= 0.6 is 0 Å². The summed E-state index contributed by atoms with van der Waals surface area (Å²) in [5, 5.41) is 6.27. The van der Waals surface area contributed by atoms with Gasteiger partial charge in [0.2, 0.25) is 5.91 Å². The van der Waals surface area contributed by atoms with Crippen LogP contribution in [-0.4, -0.2) is 37.7 Å². The maximum absolute atomic E-state index is 11.5. The van der Waals surface area contributed by atoms with Gasteiger partial charge in [-0.2, -0.15) is 0 Å². The van der Waals surface area contributed by atoms with E-state index in [4.69, 9.17) is 4.74 Å². The standard InChI is InChI=1S/C11H20N2O2/c14-11(7-9-3-1-5-12-9)13-8-10-4-2-6-15-10/h9-10,12H,1-8H2,(H,13,14). The zero-order chi connectivity index (χ0) is 10.5. The summed E-state index contributed by atoms with van der Waals surface area (Å²) >= 11 is 0. The minimum Gasteiger partial charge on any atom is -0.376 e. The Balaban J connectivity index is 1.59. The van der Waals surface area contributed by atoms with Gasteiger partial charge in [0.05, 0.1) is 6.10 Å². The highest BCUT2D eigenvalue weighted by Gasteiger charge is 2.19. The minimum absolute atomic E-state index is 0.157. The van der Waals surface area contributed by atoms with E-state index in [2.05, 4.69) is 10.6 Å². The van der Waals surface area contributed by atoms with Crippen LogP contribution in [0.5, 0.6) is 0 Å². The molecule has 2 unspecified atom stereocenters. The first-order valence-corrected chi connectivity index (χ1v) is 5.96. The van der Waals surface area contributed by atoms with Crippen LogP contribution in [0.1, 0.15) is 32.1 Å². The summed E-state index contributed by atoms with van der Waals surface area (Å²) < 4.78 is 5.44. The normalized spacial score (nSPS) is 30.7. The second-order valence-corrected chi connectivity index (χ2v) is 4.44. The Morgan fingerprint density at radius 2 is 2.33 bits per heavy atom. The molecule has 2 N–H and O–H groups in total. The number of nitrogens with one attached hydrogen (secondary N) is 2. The molecule has 0 aromatic rings. The third-order valence-electron chi connectivity index (χ3n) is 3.15. The molecule has 0 saturated carbocycles. The number of rotatable bonds is 4. The number of amides is 1. The Hall–Kier alpha value is -0.610. The van der Waals surface area contributed by atoms with Crippen molar-refractivity contribution in [3.8, 4) is 0 Å². The molecule has 2 heterocycles. The van der Waals surface area contributed by atoms with E-state index in [-0.39, 0.29) is 12.0 Å². The molecule has 0 aromatic heterocycles. The van der Waals surface area contributed by atoms with Gasteiger partial charge < -0.3 is 15.4 Å². The Bertz CT molecular complexity index is 209. The summed E-state index contributed by atoms with van der Waals surface area (Å²) in [6.45, 7) is 2.60. The Kier molecular flexibility index (Phi) is 3.97. The van der Waals surface area contributed by atoms with Crippen LogP contribution in [0.2, 0.25) is 0 Å². The Labute approximate surface area is 90.8 Å². The first-order valence-electron chi connectivity index (χ1n) is 5.96. The van der Waals surface area contributed by atoms with Crippen LogP contribution in [-0.2, 0) is 9.53 Å². The molecular weight excluding hydrogens is 192 g/mol. The van der Waals surface area contributed by atoms with Gasteiger partial charge in [-0.3, -0.25) is 4.79 Å². The lowest BCUT2D eigenvalue weighted by Gasteiger charge is -2.13. The summed E-state index contributed by atoms with van der Waals surface area (Å²) in [5.41, 5.74) is 0. The van der Waals surface area contributed by atoms with Gasteiger partial charge in [-0.25, -0.2) is 0 Å². The fraction of sp³-hybridized carbons (Fsp3) is 0.909. The zero-order valence-electron chi connectivity index (χ0n) is 9.13.